The molecule has 1 saturated carbocycles. The van der Waals surface area contributed by atoms with Crippen molar-refractivity contribution in [1.29, 1.82) is 0 Å². The van der Waals surface area contributed by atoms with Crippen LogP contribution in [0.5, 0.6) is 0 Å². The summed E-state index contributed by atoms with van der Waals surface area (Å²) >= 11 is 0. The van der Waals surface area contributed by atoms with Crippen LogP contribution >= 0.6 is 0 Å². The molecule has 5 nitrogen and oxygen atoms in total. The van der Waals surface area contributed by atoms with Crippen molar-refractivity contribution in [3.8, 4) is 0 Å². The van der Waals surface area contributed by atoms with Gasteiger partial charge in [-0.05, 0) is 33.1 Å². The molecule has 0 amide bonds. The van der Waals surface area contributed by atoms with Crippen LogP contribution in [-0.2, 0) is 17.8 Å². The lowest BCUT2D eigenvalue weighted by atomic mass is 10.1. The van der Waals surface area contributed by atoms with Gasteiger partial charge < -0.3 is 10.1 Å². The predicted molar refractivity (Wildman–Crippen MR) is 74.8 cm³/mol. The lowest BCUT2D eigenvalue weighted by Gasteiger charge is -2.19. The number of hydrogen-bond donors (Lipinski definition) is 1. The topological polar surface area (TPSA) is 52.0 Å². The molecule has 5 heteroatoms. The van der Waals surface area contributed by atoms with Crippen molar-refractivity contribution in [2.45, 2.75) is 58.7 Å². The largest absolute Gasteiger partial charge is 0.380 e. The lowest BCUT2D eigenvalue weighted by Crippen LogP contribution is -2.35. The normalized spacial score (nSPS) is 15.9. The summed E-state index contributed by atoms with van der Waals surface area (Å²) in [6.07, 6.45) is 6.01. The number of ether oxygens (including phenoxy) is 1. The molecule has 0 unspecified atom stereocenters. The highest BCUT2D eigenvalue weighted by molar-refractivity contribution is 4.92. The van der Waals surface area contributed by atoms with Gasteiger partial charge in [0.2, 0.25) is 0 Å². The molecule has 1 fully saturated rings. The molecule has 0 atom stereocenters. The number of nitrogens with zero attached hydrogens (tertiary/aromatic N) is 3. The Balaban J connectivity index is 1.59. The molecule has 19 heavy (non-hydrogen) atoms. The van der Waals surface area contributed by atoms with E-state index in [9.17, 15) is 0 Å². The minimum absolute atomic E-state index is 0.107. The van der Waals surface area contributed by atoms with Crippen LogP contribution in [0.3, 0.4) is 0 Å². The molecular formula is C14H26N4O. The average molecular weight is 266 g/mol. The van der Waals surface area contributed by atoms with E-state index in [1.165, 1.54) is 19.3 Å². The van der Waals surface area contributed by atoms with Gasteiger partial charge in [0.05, 0.1) is 18.8 Å². The molecule has 0 spiro atoms. The quantitative estimate of drug-likeness (QED) is 0.731. The summed E-state index contributed by atoms with van der Waals surface area (Å²) in [5.41, 5.74) is 1.09. The van der Waals surface area contributed by atoms with Gasteiger partial charge in [-0.2, -0.15) is 0 Å². The Kier molecular flexibility index (Phi) is 4.93. The molecule has 1 aliphatic carbocycles. The zero-order chi connectivity index (χ0) is 13.7. The third-order valence-corrected chi connectivity index (χ3v) is 3.22. The number of hydrogen-bond acceptors (Lipinski definition) is 4. The second-order valence-electron chi connectivity index (χ2n) is 6.42. The van der Waals surface area contributed by atoms with Gasteiger partial charge in [-0.15, -0.1) is 5.10 Å². The van der Waals surface area contributed by atoms with Crippen LogP contribution in [-0.4, -0.2) is 33.7 Å². The molecular weight excluding hydrogens is 240 g/mol. The van der Waals surface area contributed by atoms with Gasteiger partial charge in [-0.3, -0.25) is 0 Å². The molecule has 0 bridgehead atoms. The van der Waals surface area contributed by atoms with Crippen LogP contribution < -0.4 is 5.32 Å². The number of nitrogens with one attached hydrogen (secondary N) is 1. The standard InChI is InChI=1S/C14H26N4O/c1-14(2,3)15-10-13-11-18(17-16-13)7-9-19-8-6-12-4-5-12/h11-12,15H,4-10H2,1-3H3. The fraction of sp³-hybridized carbons (Fsp3) is 0.857. The van der Waals surface area contributed by atoms with Gasteiger partial charge in [0.15, 0.2) is 0 Å². The van der Waals surface area contributed by atoms with Crippen LogP contribution in [0.1, 0.15) is 45.7 Å². The molecule has 0 radical (unpaired) electrons. The molecule has 1 aromatic heterocycles. The van der Waals surface area contributed by atoms with E-state index in [1.54, 1.807) is 0 Å². The van der Waals surface area contributed by atoms with Crippen LogP contribution in [0.2, 0.25) is 0 Å². The second-order valence-corrected chi connectivity index (χ2v) is 6.42. The smallest absolute Gasteiger partial charge is 0.0965 e. The van der Waals surface area contributed by atoms with Crippen molar-refractivity contribution >= 4 is 0 Å². The zero-order valence-corrected chi connectivity index (χ0v) is 12.4. The highest BCUT2D eigenvalue weighted by Crippen LogP contribution is 2.31. The first kappa shape index (κ1) is 14.5. The van der Waals surface area contributed by atoms with Crippen molar-refractivity contribution in [3.05, 3.63) is 11.9 Å². The molecule has 2 rings (SSSR count). The van der Waals surface area contributed by atoms with Gasteiger partial charge in [0.1, 0.15) is 0 Å². The molecule has 108 valence electrons. The third-order valence-electron chi connectivity index (χ3n) is 3.22. The number of aromatic nitrogens is 3. The van der Waals surface area contributed by atoms with Crippen molar-refractivity contribution in [3.63, 3.8) is 0 Å². The lowest BCUT2D eigenvalue weighted by molar-refractivity contribution is 0.118. The van der Waals surface area contributed by atoms with Crippen molar-refractivity contribution in [2.75, 3.05) is 13.2 Å². The second kappa shape index (κ2) is 6.48. The molecule has 0 saturated heterocycles. The van der Waals surface area contributed by atoms with E-state index in [1.807, 2.05) is 10.9 Å². The predicted octanol–water partition coefficient (Wildman–Crippen LogP) is 1.98. The minimum Gasteiger partial charge on any atom is -0.380 e. The molecule has 1 N–H and O–H groups in total. The van der Waals surface area contributed by atoms with Crippen molar-refractivity contribution in [1.82, 2.24) is 20.3 Å². The first-order valence-corrected chi connectivity index (χ1v) is 7.25. The molecule has 1 aromatic rings. The number of rotatable bonds is 8. The van der Waals surface area contributed by atoms with Gasteiger partial charge >= 0.3 is 0 Å². The summed E-state index contributed by atoms with van der Waals surface area (Å²) < 4.78 is 7.47. The maximum absolute atomic E-state index is 5.61. The van der Waals surface area contributed by atoms with Crippen LogP contribution in [0.4, 0.5) is 0 Å². The van der Waals surface area contributed by atoms with E-state index in [0.717, 1.165) is 37.9 Å². The Morgan fingerprint density at radius 1 is 1.37 bits per heavy atom. The van der Waals surface area contributed by atoms with Gasteiger partial charge in [-0.25, -0.2) is 4.68 Å². The zero-order valence-electron chi connectivity index (χ0n) is 12.4. The van der Waals surface area contributed by atoms with E-state index in [4.69, 9.17) is 4.74 Å². The van der Waals surface area contributed by atoms with Crippen molar-refractivity contribution in [2.24, 2.45) is 5.92 Å². The monoisotopic (exact) mass is 266 g/mol. The summed E-state index contributed by atoms with van der Waals surface area (Å²) in [7, 11) is 0. The Morgan fingerprint density at radius 2 is 2.16 bits per heavy atom. The van der Waals surface area contributed by atoms with E-state index in [2.05, 4.69) is 36.4 Å². The SMILES string of the molecule is CC(C)(C)NCc1cn(CCOCCC2CC2)nn1. The highest BCUT2D eigenvalue weighted by Gasteiger charge is 2.20. The van der Waals surface area contributed by atoms with Crippen LogP contribution in [0, 0.1) is 5.92 Å². The fourth-order valence-corrected chi connectivity index (χ4v) is 1.80. The third kappa shape index (κ3) is 6.16. The highest BCUT2D eigenvalue weighted by atomic mass is 16.5. The fourth-order valence-electron chi connectivity index (χ4n) is 1.80. The van der Waals surface area contributed by atoms with E-state index in [0.29, 0.717) is 0 Å². The first-order valence-electron chi connectivity index (χ1n) is 7.25. The summed E-state index contributed by atoms with van der Waals surface area (Å²) in [6, 6.07) is 0. The Labute approximate surface area is 115 Å². The molecule has 0 aromatic carbocycles. The Hall–Kier alpha value is -0.940. The molecule has 0 aliphatic heterocycles. The van der Waals surface area contributed by atoms with Gasteiger partial charge in [0, 0.05) is 24.9 Å². The van der Waals surface area contributed by atoms with Gasteiger partial charge in [0.25, 0.3) is 0 Å². The van der Waals surface area contributed by atoms with E-state index >= 15 is 0 Å². The summed E-state index contributed by atoms with van der Waals surface area (Å²) in [4.78, 5) is 0. The van der Waals surface area contributed by atoms with Crippen LogP contribution in [0.25, 0.3) is 0 Å². The summed E-state index contributed by atoms with van der Waals surface area (Å²) in [5.74, 6) is 0.946. The van der Waals surface area contributed by atoms with Crippen LogP contribution in [0.15, 0.2) is 6.20 Å². The van der Waals surface area contributed by atoms with Gasteiger partial charge in [-0.1, -0.05) is 18.1 Å². The van der Waals surface area contributed by atoms with E-state index < -0.39 is 0 Å². The molecule has 1 aliphatic rings. The maximum Gasteiger partial charge on any atom is 0.0965 e. The summed E-state index contributed by atoms with van der Waals surface area (Å²) in [5, 5.41) is 11.7. The van der Waals surface area contributed by atoms with Crippen molar-refractivity contribution < 1.29 is 4.74 Å². The minimum atomic E-state index is 0.107. The Bertz CT molecular complexity index is 379. The maximum atomic E-state index is 5.61. The first-order chi connectivity index (χ1) is 9.03. The average Bonchev–Trinajstić information content (AvgIpc) is 3.04. The Morgan fingerprint density at radius 3 is 2.84 bits per heavy atom. The van der Waals surface area contributed by atoms with E-state index in [-0.39, 0.29) is 5.54 Å². The molecule has 1 heterocycles. The summed E-state index contributed by atoms with van der Waals surface area (Å²) in [6.45, 7) is 9.58.